The van der Waals surface area contributed by atoms with Gasteiger partial charge in [0.2, 0.25) is 11.8 Å². The molecular weight excluding hydrogens is 478 g/mol. The van der Waals surface area contributed by atoms with Crippen LogP contribution in [0.25, 0.3) is 21.7 Å². The van der Waals surface area contributed by atoms with Gasteiger partial charge in [0.25, 0.3) is 11.2 Å². The average Bonchev–Trinajstić information content (AvgIpc) is 3.61. The molecule has 0 saturated carbocycles. The fraction of sp³-hybridized carbons (Fsp3) is 0.182. The number of thiophene rings is 1. The maximum atomic E-state index is 13.3. The van der Waals surface area contributed by atoms with Crippen molar-refractivity contribution in [3.63, 3.8) is 0 Å². The highest BCUT2D eigenvalue weighted by Crippen LogP contribution is 2.28. The van der Waals surface area contributed by atoms with Crippen LogP contribution in [0.4, 0.5) is 5.69 Å². The van der Waals surface area contributed by atoms with Crippen LogP contribution in [0, 0.1) is 10.1 Å². The van der Waals surface area contributed by atoms with E-state index in [1.165, 1.54) is 35.2 Å². The highest BCUT2D eigenvalue weighted by molar-refractivity contribution is 7.98. The molecule has 0 aliphatic carbocycles. The summed E-state index contributed by atoms with van der Waals surface area (Å²) in [4.78, 5) is 30.2. The van der Waals surface area contributed by atoms with Gasteiger partial charge in [-0.1, -0.05) is 18.7 Å². The molecule has 4 heterocycles. The van der Waals surface area contributed by atoms with Gasteiger partial charge in [-0.2, -0.15) is 0 Å². The molecule has 0 unspecified atom stereocenters. The summed E-state index contributed by atoms with van der Waals surface area (Å²) in [5.74, 6) is 1.54. The summed E-state index contributed by atoms with van der Waals surface area (Å²) >= 11 is 2.82. The monoisotopic (exact) mass is 495 g/mol. The quantitative estimate of drug-likeness (QED) is 0.127. The van der Waals surface area contributed by atoms with Crippen molar-refractivity contribution in [2.45, 2.75) is 30.8 Å². The van der Waals surface area contributed by atoms with Crippen molar-refractivity contribution in [3.05, 3.63) is 85.7 Å². The van der Waals surface area contributed by atoms with Crippen LogP contribution in [0.5, 0.6) is 0 Å². The summed E-state index contributed by atoms with van der Waals surface area (Å²) in [5.41, 5.74) is 0.432. The molecular formula is C22H17N5O5S2. The minimum absolute atomic E-state index is 0.0187. The van der Waals surface area contributed by atoms with Gasteiger partial charge in [-0.25, -0.2) is 4.98 Å². The van der Waals surface area contributed by atoms with E-state index in [0.717, 1.165) is 11.3 Å². The van der Waals surface area contributed by atoms with Gasteiger partial charge in [-0.05, 0) is 36.8 Å². The van der Waals surface area contributed by atoms with Crippen LogP contribution in [-0.4, -0.2) is 24.7 Å². The number of thioether (sulfide) groups is 1. The van der Waals surface area contributed by atoms with Crippen molar-refractivity contribution in [3.8, 4) is 11.5 Å². The van der Waals surface area contributed by atoms with E-state index in [1.54, 1.807) is 29.0 Å². The Balaban J connectivity index is 1.42. The van der Waals surface area contributed by atoms with Crippen LogP contribution >= 0.6 is 23.1 Å². The Hall–Kier alpha value is -3.77. The minimum atomic E-state index is -0.469. The lowest BCUT2D eigenvalue weighted by atomic mass is 10.2. The normalized spacial score (nSPS) is 11.3. The van der Waals surface area contributed by atoms with E-state index in [1.807, 2.05) is 19.1 Å². The zero-order valence-corrected chi connectivity index (χ0v) is 19.5. The molecule has 0 aliphatic rings. The highest BCUT2D eigenvalue weighted by atomic mass is 32.2. The number of rotatable bonds is 8. The Morgan fingerprint density at radius 1 is 1.21 bits per heavy atom. The molecule has 10 nitrogen and oxygen atoms in total. The number of furan rings is 1. The van der Waals surface area contributed by atoms with Gasteiger partial charge in [0.05, 0.1) is 28.9 Å². The Morgan fingerprint density at radius 3 is 2.74 bits per heavy atom. The molecule has 0 spiro atoms. The number of hydrogen-bond acceptors (Lipinski definition) is 10. The first-order valence-electron chi connectivity index (χ1n) is 10.3. The molecule has 34 heavy (non-hydrogen) atoms. The van der Waals surface area contributed by atoms with Gasteiger partial charge < -0.3 is 8.83 Å². The van der Waals surface area contributed by atoms with Crippen molar-refractivity contribution >= 4 is 39.0 Å². The number of fused-ring (bicyclic) bond motifs is 1. The molecule has 5 aromatic rings. The van der Waals surface area contributed by atoms with Crippen molar-refractivity contribution in [2.75, 3.05) is 0 Å². The largest absolute Gasteiger partial charge is 0.467 e. The van der Waals surface area contributed by atoms with Crippen molar-refractivity contribution in [1.29, 1.82) is 0 Å². The summed E-state index contributed by atoms with van der Waals surface area (Å²) in [6.45, 7) is 2.30. The van der Waals surface area contributed by atoms with Crippen molar-refractivity contribution in [1.82, 2.24) is 19.7 Å². The molecule has 0 radical (unpaired) electrons. The van der Waals surface area contributed by atoms with Gasteiger partial charge in [0, 0.05) is 22.6 Å². The van der Waals surface area contributed by atoms with Crippen molar-refractivity contribution in [2.24, 2.45) is 0 Å². The van der Waals surface area contributed by atoms with Crippen LogP contribution in [0.15, 0.2) is 67.5 Å². The molecule has 4 aromatic heterocycles. The lowest BCUT2D eigenvalue weighted by Crippen LogP contribution is -2.23. The Bertz CT molecular complexity index is 1520. The van der Waals surface area contributed by atoms with Crippen LogP contribution in [0.2, 0.25) is 0 Å². The summed E-state index contributed by atoms with van der Waals surface area (Å²) in [5, 5.41) is 20.1. The van der Waals surface area contributed by atoms with E-state index in [9.17, 15) is 14.9 Å². The van der Waals surface area contributed by atoms with E-state index in [0.29, 0.717) is 38.3 Å². The third kappa shape index (κ3) is 4.37. The summed E-state index contributed by atoms with van der Waals surface area (Å²) < 4.78 is 12.8. The molecule has 0 amide bonds. The fourth-order valence-electron chi connectivity index (χ4n) is 3.31. The van der Waals surface area contributed by atoms with Gasteiger partial charge in [-0.3, -0.25) is 19.5 Å². The fourth-order valence-corrected chi connectivity index (χ4v) is 5.15. The number of nitro groups is 1. The predicted molar refractivity (Wildman–Crippen MR) is 127 cm³/mol. The lowest BCUT2D eigenvalue weighted by molar-refractivity contribution is -0.384. The van der Waals surface area contributed by atoms with E-state index in [-0.39, 0.29) is 23.7 Å². The van der Waals surface area contributed by atoms with Crippen LogP contribution in [0.1, 0.15) is 23.5 Å². The van der Waals surface area contributed by atoms with Crippen LogP contribution < -0.4 is 5.56 Å². The molecule has 0 fully saturated rings. The zero-order chi connectivity index (χ0) is 23.7. The maximum absolute atomic E-state index is 13.3. The Labute approximate surface area is 200 Å². The SMILES string of the molecule is CCc1cc2c(=O)n(Cc3ccco3)c(SCc3nnc(-c4ccc([N+](=O)[O-])cc4)o3)nc2s1. The van der Waals surface area contributed by atoms with E-state index < -0.39 is 4.92 Å². The van der Waals surface area contributed by atoms with Crippen LogP contribution in [0.3, 0.4) is 0 Å². The summed E-state index contributed by atoms with van der Waals surface area (Å²) in [6.07, 6.45) is 2.39. The second kappa shape index (κ2) is 9.23. The summed E-state index contributed by atoms with van der Waals surface area (Å²) in [6, 6.07) is 11.4. The standard InChI is InChI=1S/C22H17N5O5S2/c1-2-16-10-17-20(34-16)23-22(26(21(17)28)11-15-4-3-9-31-15)33-12-18-24-25-19(32-18)13-5-7-14(8-6-13)27(29)30/h3-10H,2,11-12H2,1H3. The molecule has 1 aromatic carbocycles. The molecule has 0 N–H and O–H groups in total. The van der Waals surface area contributed by atoms with E-state index >= 15 is 0 Å². The number of benzene rings is 1. The van der Waals surface area contributed by atoms with Gasteiger partial charge >= 0.3 is 0 Å². The second-order valence-corrected chi connectivity index (χ2v) is 9.30. The number of aryl methyl sites for hydroxylation is 1. The highest BCUT2D eigenvalue weighted by Gasteiger charge is 2.17. The van der Waals surface area contributed by atoms with E-state index in [4.69, 9.17) is 13.8 Å². The summed E-state index contributed by atoms with van der Waals surface area (Å²) in [7, 11) is 0. The predicted octanol–water partition coefficient (Wildman–Crippen LogP) is 4.91. The Morgan fingerprint density at radius 2 is 2.03 bits per heavy atom. The molecule has 0 bridgehead atoms. The average molecular weight is 496 g/mol. The van der Waals surface area contributed by atoms with Gasteiger partial charge in [-0.15, -0.1) is 21.5 Å². The topological polar surface area (TPSA) is 130 Å². The first-order chi connectivity index (χ1) is 16.5. The smallest absolute Gasteiger partial charge is 0.269 e. The lowest BCUT2D eigenvalue weighted by Gasteiger charge is -2.09. The number of nitro benzene ring substituents is 1. The number of non-ortho nitro benzene ring substituents is 1. The minimum Gasteiger partial charge on any atom is -0.467 e. The molecule has 172 valence electrons. The number of aromatic nitrogens is 4. The molecule has 0 saturated heterocycles. The molecule has 0 aliphatic heterocycles. The molecule has 5 rings (SSSR count). The number of nitrogens with zero attached hydrogens (tertiary/aromatic N) is 5. The first kappa shape index (κ1) is 22.0. The second-order valence-electron chi connectivity index (χ2n) is 7.24. The van der Waals surface area contributed by atoms with Gasteiger partial charge in [0.15, 0.2) is 5.16 Å². The molecule has 0 atom stereocenters. The van der Waals surface area contributed by atoms with Crippen LogP contribution in [-0.2, 0) is 18.7 Å². The third-order valence-electron chi connectivity index (χ3n) is 5.03. The molecule has 12 heteroatoms. The van der Waals surface area contributed by atoms with E-state index in [2.05, 4.69) is 10.2 Å². The third-order valence-corrected chi connectivity index (χ3v) is 7.16. The number of hydrogen-bond donors (Lipinski definition) is 0. The van der Waals surface area contributed by atoms with Gasteiger partial charge in [0.1, 0.15) is 10.6 Å². The zero-order valence-electron chi connectivity index (χ0n) is 17.8. The maximum Gasteiger partial charge on any atom is 0.269 e. The van der Waals surface area contributed by atoms with Crippen molar-refractivity contribution < 1.29 is 13.8 Å². The Kier molecular flexibility index (Phi) is 5.99. The first-order valence-corrected chi connectivity index (χ1v) is 12.1.